The second-order valence-electron chi connectivity index (χ2n) is 5.16. The van der Waals surface area contributed by atoms with E-state index in [4.69, 9.17) is 11.6 Å². The van der Waals surface area contributed by atoms with Gasteiger partial charge in [-0.15, -0.1) is 11.3 Å². The number of hydrogen-bond donors (Lipinski definition) is 1. The minimum Gasteiger partial charge on any atom is -0.368 e. The molecule has 0 aliphatic carbocycles. The molecule has 1 N–H and O–H groups in total. The zero-order chi connectivity index (χ0) is 15.5. The van der Waals surface area contributed by atoms with Crippen molar-refractivity contribution >= 4 is 39.8 Å². The summed E-state index contributed by atoms with van der Waals surface area (Å²) in [5.41, 5.74) is 1.10. The van der Waals surface area contributed by atoms with E-state index in [0.29, 0.717) is 18.2 Å². The van der Waals surface area contributed by atoms with E-state index in [9.17, 15) is 4.79 Å². The normalized spacial score (nSPS) is 15.0. The van der Waals surface area contributed by atoms with Crippen LogP contribution in [0.2, 0.25) is 5.02 Å². The lowest BCUT2D eigenvalue weighted by molar-refractivity contribution is 0.208. The van der Waals surface area contributed by atoms with Crippen LogP contribution in [0.1, 0.15) is 4.88 Å². The quantitative estimate of drug-likeness (QED) is 0.913. The van der Waals surface area contributed by atoms with Gasteiger partial charge in [0.1, 0.15) is 0 Å². The molecule has 0 spiro atoms. The summed E-state index contributed by atoms with van der Waals surface area (Å²) < 4.78 is 0. The Morgan fingerprint density at radius 2 is 2.09 bits per heavy atom. The zero-order valence-electron chi connectivity index (χ0n) is 12.3. The summed E-state index contributed by atoms with van der Waals surface area (Å²) in [6.07, 6.45) is 1.76. The lowest BCUT2D eigenvalue weighted by Gasteiger charge is -2.35. The topological polar surface area (TPSA) is 48.5 Å². The SMILES string of the molecule is Cc1cnc(NC(=O)N2CCN(c3cccc(Cl)c3)CC2)s1. The molecular weight excluding hydrogens is 320 g/mol. The molecule has 1 aromatic carbocycles. The number of nitrogens with zero attached hydrogens (tertiary/aromatic N) is 3. The van der Waals surface area contributed by atoms with Gasteiger partial charge in [-0.1, -0.05) is 17.7 Å². The number of nitrogens with one attached hydrogen (secondary N) is 1. The molecular formula is C15H17ClN4OS. The van der Waals surface area contributed by atoms with Crippen LogP contribution < -0.4 is 10.2 Å². The number of carbonyl (C=O) groups is 1. The number of rotatable bonds is 2. The van der Waals surface area contributed by atoms with E-state index in [0.717, 1.165) is 28.7 Å². The highest BCUT2D eigenvalue weighted by atomic mass is 35.5. The van der Waals surface area contributed by atoms with Crippen LogP contribution in [0.5, 0.6) is 0 Å². The van der Waals surface area contributed by atoms with E-state index >= 15 is 0 Å². The third kappa shape index (κ3) is 3.51. The molecule has 7 heteroatoms. The van der Waals surface area contributed by atoms with Crippen molar-refractivity contribution in [1.82, 2.24) is 9.88 Å². The van der Waals surface area contributed by atoms with Crippen LogP contribution in [0.4, 0.5) is 15.6 Å². The molecule has 5 nitrogen and oxygen atoms in total. The molecule has 1 aromatic heterocycles. The minimum absolute atomic E-state index is 0.0832. The van der Waals surface area contributed by atoms with Gasteiger partial charge < -0.3 is 9.80 Å². The molecule has 1 aliphatic heterocycles. The van der Waals surface area contributed by atoms with Crippen molar-refractivity contribution in [1.29, 1.82) is 0 Å². The van der Waals surface area contributed by atoms with E-state index in [-0.39, 0.29) is 6.03 Å². The molecule has 116 valence electrons. The van der Waals surface area contributed by atoms with Crippen molar-refractivity contribution in [2.75, 3.05) is 36.4 Å². The lowest BCUT2D eigenvalue weighted by Crippen LogP contribution is -2.50. The number of anilines is 2. The van der Waals surface area contributed by atoms with E-state index in [1.54, 1.807) is 6.20 Å². The average Bonchev–Trinajstić information content (AvgIpc) is 2.92. The van der Waals surface area contributed by atoms with Gasteiger partial charge in [-0.3, -0.25) is 5.32 Å². The van der Waals surface area contributed by atoms with Gasteiger partial charge in [0.25, 0.3) is 0 Å². The summed E-state index contributed by atoms with van der Waals surface area (Å²) in [4.78, 5) is 21.5. The Kier molecular flexibility index (Phi) is 4.49. The van der Waals surface area contributed by atoms with Gasteiger partial charge in [0.05, 0.1) is 0 Å². The number of benzene rings is 1. The number of aromatic nitrogens is 1. The van der Waals surface area contributed by atoms with Crippen LogP contribution in [0.15, 0.2) is 30.5 Å². The molecule has 2 aromatic rings. The molecule has 0 radical (unpaired) electrons. The summed E-state index contributed by atoms with van der Waals surface area (Å²) in [5.74, 6) is 0. The Morgan fingerprint density at radius 1 is 1.32 bits per heavy atom. The van der Waals surface area contributed by atoms with Crippen molar-refractivity contribution in [3.8, 4) is 0 Å². The monoisotopic (exact) mass is 336 g/mol. The van der Waals surface area contributed by atoms with E-state index in [1.807, 2.05) is 36.1 Å². The van der Waals surface area contributed by atoms with Crippen LogP contribution in [0, 0.1) is 6.92 Å². The fraction of sp³-hybridized carbons (Fsp3) is 0.333. The number of halogens is 1. The maximum atomic E-state index is 12.2. The maximum Gasteiger partial charge on any atom is 0.323 e. The highest BCUT2D eigenvalue weighted by Crippen LogP contribution is 2.21. The Balaban J connectivity index is 1.56. The van der Waals surface area contributed by atoms with Gasteiger partial charge in [-0.05, 0) is 25.1 Å². The first-order valence-corrected chi connectivity index (χ1v) is 8.30. The van der Waals surface area contributed by atoms with Gasteiger partial charge in [0, 0.05) is 48.0 Å². The highest BCUT2D eigenvalue weighted by Gasteiger charge is 2.22. The van der Waals surface area contributed by atoms with Crippen molar-refractivity contribution in [3.63, 3.8) is 0 Å². The van der Waals surface area contributed by atoms with Gasteiger partial charge in [-0.25, -0.2) is 9.78 Å². The standard InChI is InChI=1S/C15H17ClN4OS/c1-11-10-17-14(22-11)18-15(21)20-7-5-19(6-8-20)13-4-2-3-12(16)9-13/h2-4,9-10H,5-8H2,1H3,(H,17,18,21). The Morgan fingerprint density at radius 3 is 2.73 bits per heavy atom. The fourth-order valence-corrected chi connectivity index (χ4v) is 3.26. The molecule has 1 fully saturated rings. The Hall–Kier alpha value is -1.79. The third-order valence-electron chi connectivity index (χ3n) is 3.58. The van der Waals surface area contributed by atoms with Gasteiger partial charge >= 0.3 is 6.03 Å². The van der Waals surface area contributed by atoms with Crippen LogP contribution in [-0.2, 0) is 0 Å². The largest absolute Gasteiger partial charge is 0.368 e. The first kappa shape index (κ1) is 15.1. The highest BCUT2D eigenvalue weighted by molar-refractivity contribution is 7.15. The number of piperazine rings is 1. The van der Waals surface area contributed by atoms with Crippen LogP contribution in [0.25, 0.3) is 0 Å². The molecule has 0 saturated carbocycles. The second kappa shape index (κ2) is 6.54. The summed E-state index contributed by atoms with van der Waals surface area (Å²) in [5, 5.41) is 4.24. The smallest absolute Gasteiger partial charge is 0.323 e. The van der Waals surface area contributed by atoms with Crippen LogP contribution >= 0.6 is 22.9 Å². The number of amides is 2. The number of urea groups is 1. The first-order valence-electron chi connectivity index (χ1n) is 7.11. The average molecular weight is 337 g/mol. The van der Waals surface area contributed by atoms with Crippen molar-refractivity contribution in [3.05, 3.63) is 40.4 Å². The van der Waals surface area contributed by atoms with Gasteiger partial charge in [0.15, 0.2) is 5.13 Å². The van der Waals surface area contributed by atoms with E-state index in [2.05, 4.69) is 15.2 Å². The minimum atomic E-state index is -0.0832. The molecule has 1 aliphatic rings. The third-order valence-corrected chi connectivity index (χ3v) is 4.64. The van der Waals surface area contributed by atoms with E-state index < -0.39 is 0 Å². The fourth-order valence-electron chi connectivity index (χ4n) is 2.42. The Bertz CT molecular complexity index is 667. The van der Waals surface area contributed by atoms with Gasteiger partial charge in [0.2, 0.25) is 0 Å². The van der Waals surface area contributed by atoms with Crippen LogP contribution in [0.3, 0.4) is 0 Å². The maximum absolute atomic E-state index is 12.2. The molecule has 2 heterocycles. The molecule has 1 saturated heterocycles. The van der Waals surface area contributed by atoms with Crippen molar-refractivity contribution < 1.29 is 4.79 Å². The molecule has 2 amide bonds. The number of aryl methyl sites for hydroxylation is 1. The summed E-state index contributed by atoms with van der Waals surface area (Å²) >= 11 is 7.51. The molecule has 0 bridgehead atoms. The van der Waals surface area contributed by atoms with Crippen LogP contribution in [-0.4, -0.2) is 42.1 Å². The molecule has 0 unspecified atom stereocenters. The molecule has 22 heavy (non-hydrogen) atoms. The summed E-state index contributed by atoms with van der Waals surface area (Å²) in [7, 11) is 0. The first-order chi connectivity index (χ1) is 10.6. The second-order valence-corrected chi connectivity index (χ2v) is 6.83. The summed E-state index contributed by atoms with van der Waals surface area (Å²) in [6, 6.07) is 7.72. The Labute approximate surface area is 138 Å². The lowest BCUT2D eigenvalue weighted by atomic mass is 10.2. The summed E-state index contributed by atoms with van der Waals surface area (Å²) in [6.45, 7) is 4.93. The predicted octanol–water partition coefficient (Wildman–Crippen LogP) is 3.46. The van der Waals surface area contributed by atoms with Crippen molar-refractivity contribution in [2.24, 2.45) is 0 Å². The number of carbonyl (C=O) groups excluding carboxylic acids is 1. The molecule has 0 atom stereocenters. The number of hydrogen-bond acceptors (Lipinski definition) is 4. The zero-order valence-corrected chi connectivity index (χ0v) is 13.8. The molecule has 3 rings (SSSR count). The number of thiazole rings is 1. The van der Waals surface area contributed by atoms with E-state index in [1.165, 1.54) is 11.3 Å². The van der Waals surface area contributed by atoms with Crippen molar-refractivity contribution in [2.45, 2.75) is 6.92 Å². The predicted molar refractivity (Wildman–Crippen MR) is 91.1 cm³/mol. The van der Waals surface area contributed by atoms with Gasteiger partial charge in [-0.2, -0.15) is 0 Å².